The average molecular weight is 214 g/mol. The van der Waals surface area contributed by atoms with Crippen LogP contribution in [-0.4, -0.2) is 38.8 Å². The monoisotopic (exact) mass is 214 g/mol. The van der Waals surface area contributed by atoms with Crippen molar-refractivity contribution in [3.8, 4) is 0 Å². The molecule has 0 bridgehead atoms. The number of nitrogens with zero attached hydrogens (tertiary/aromatic N) is 3. The van der Waals surface area contributed by atoms with Gasteiger partial charge in [-0.25, -0.2) is 4.79 Å². The van der Waals surface area contributed by atoms with E-state index in [1.165, 1.54) is 6.20 Å². The predicted octanol–water partition coefficient (Wildman–Crippen LogP) is -0.0689. The molecule has 1 heterocycles. The minimum absolute atomic E-state index is 0.148. The number of carbonyl (C=O) groups is 2. The Morgan fingerprint density at radius 1 is 1.67 bits per heavy atom. The Hall–Kier alpha value is -2.12. The Bertz CT molecular complexity index is 362. The van der Waals surface area contributed by atoms with Gasteiger partial charge in [-0.1, -0.05) is 0 Å². The number of carbonyl (C=O) groups excluding carboxylic acids is 1. The molecule has 0 atom stereocenters. The number of hydrogen-bond acceptors (Lipinski definition) is 5. The molecule has 0 radical (unpaired) electrons. The lowest BCUT2D eigenvalue weighted by Crippen LogP contribution is -2.15. The number of rotatable bonds is 4. The van der Waals surface area contributed by atoms with Gasteiger partial charge in [-0.3, -0.25) is 10.1 Å². The first-order valence-electron chi connectivity index (χ1n) is 4.17. The summed E-state index contributed by atoms with van der Waals surface area (Å²) in [5.41, 5.74) is 0. The lowest BCUT2D eigenvalue weighted by molar-refractivity contribution is -0.138. The molecule has 1 rings (SSSR count). The summed E-state index contributed by atoms with van der Waals surface area (Å²) in [4.78, 5) is 22.2. The van der Waals surface area contributed by atoms with Gasteiger partial charge >= 0.3 is 12.1 Å². The standard InChI is InChI=1S/C7H10N4O4/c1-2-15-7(14)9-5-3-8-11(10-5)4-6(12)13/h3H,2,4H2,1H3,(H,12,13)(H,9,10,14). The van der Waals surface area contributed by atoms with Gasteiger partial charge in [-0.05, 0) is 6.92 Å². The highest BCUT2D eigenvalue weighted by Crippen LogP contribution is 1.99. The van der Waals surface area contributed by atoms with Gasteiger partial charge in [0.15, 0.2) is 12.4 Å². The minimum atomic E-state index is -1.06. The number of aromatic nitrogens is 3. The van der Waals surface area contributed by atoms with Crippen LogP contribution in [0.5, 0.6) is 0 Å². The molecule has 0 aliphatic rings. The third-order valence-corrected chi connectivity index (χ3v) is 1.32. The van der Waals surface area contributed by atoms with Crippen molar-refractivity contribution in [3.05, 3.63) is 6.20 Å². The van der Waals surface area contributed by atoms with Crippen LogP contribution in [0.4, 0.5) is 10.6 Å². The first kappa shape index (κ1) is 11.0. The van der Waals surface area contributed by atoms with Crippen molar-refractivity contribution in [2.24, 2.45) is 0 Å². The number of hydrogen-bond donors (Lipinski definition) is 2. The van der Waals surface area contributed by atoms with Crippen molar-refractivity contribution >= 4 is 17.9 Å². The zero-order chi connectivity index (χ0) is 11.3. The largest absolute Gasteiger partial charge is 0.480 e. The highest BCUT2D eigenvalue weighted by molar-refractivity contribution is 5.82. The van der Waals surface area contributed by atoms with Crippen molar-refractivity contribution in [2.75, 3.05) is 11.9 Å². The molecule has 8 nitrogen and oxygen atoms in total. The summed E-state index contributed by atoms with van der Waals surface area (Å²) in [7, 11) is 0. The first-order valence-corrected chi connectivity index (χ1v) is 4.17. The quantitative estimate of drug-likeness (QED) is 0.726. The van der Waals surface area contributed by atoms with Crippen molar-refractivity contribution in [2.45, 2.75) is 13.5 Å². The molecule has 2 N–H and O–H groups in total. The van der Waals surface area contributed by atoms with Gasteiger partial charge in [0.05, 0.1) is 12.8 Å². The molecule has 0 aliphatic heterocycles. The maximum Gasteiger partial charge on any atom is 0.412 e. The topological polar surface area (TPSA) is 106 Å². The molecular weight excluding hydrogens is 204 g/mol. The normalized spacial score (nSPS) is 9.67. The summed E-state index contributed by atoms with van der Waals surface area (Å²) < 4.78 is 4.59. The van der Waals surface area contributed by atoms with Crippen LogP contribution in [0.3, 0.4) is 0 Å². The summed E-state index contributed by atoms with van der Waals surface area (Å²) in [5.74, 6) is -0.914. The number of carboxylic acids is 1. The van der Waals surface area contributed by atoms with Gasteiger partial charge in [0.1, 0.15) is 0 Å². The fourth-order valence-corrected chi connectivity index (χ4v) is 0.824. The van der Waals surface area contributed by atoms with Crippen molar-refractivity contribution in [1.29, 1.82) is 0 Å². The van der Waals surface area contributed by atoms with E-state index in [0.717, 1.165) is 4.80 Å². The van der Waals surface area contributed by atoms with Crippen LogP contribution >= 0.6 is 0 Å². The maximum atomic E-state index is 10.9. The molecule has 15 heavy (non-hydrogen) atoms. The van der Waals surface area contributed by atoms with E-state index in [4.69, 9.17) is 5.11 Å². The average Bonchev–Trinajstić information content (AvgIpc) is 2.51. The second-order valence-corrected chi connectivity index (χ2v) is 2.50. The minimum Gasteiger partial charge on any atom is -0.480 e. The zero-order valence-corrected chi connectivity index (χ0v) is 8.01. The zero-order valence-electron chi connectivity index (χ0n) is 8.01. The van der Waals surface area contributed by atoms with Gasteiger partial charge in [0, 0.05) is 0 Å². The number of amides is 1. The Morgan fingerprint density at radius 3 is 3.00 bits per heavy atom. The molecule has 1 amide bonds. The third kappa shape index (κ3) is 3.63. The van der Waals surface area contributed by atoms with Crippen LogP contribution in [0.15, 0.2) is 6.20 Å². The van der Waals surface area contributed by atoms with Crippen molar-refractivity contribution in [1.82, 2.24) is 15.0 Å². The Labute approximate surface area is 84.8 Å². The van der Waals surface area contributed by atoms with Crippen LogP contribution < -0.4 is 5.32 Å². The number of nitrogens with one attached hydrogen (secondary N) is 1. The molecule has 1 aromatic rings. The molecule has 0 aromatic carbocycles. The molecule has 1 aromatic heterocycles. The second-order valence-electron chi connectivity index (χ2n) is 2.50. The van der Waals surface area contributed by atoms with E-state index >= 15 is 0 Å². The lowest BCUT2D eigenvalue weighted by Gasteiger charge is -2.00. The van der Waals surface area contributed by atoms with Crippen LogP contribution in [0.1, 0.15) is 6.92 Å². The summed E-state index contributed by atoms with van der Waals surface area (Å²) in [6.07, 6.45) is 0.583. The highest BCUT2D eigenvalue weighted by atomic mass is 16.5. The van der Waals surface area contributed by atoms with E-state index < -0.39 is 12.1 Å². The number of anilines is 1. The third-order valence-electron chi connectivity index (χ3n) is 1.32. The van der Waals surface area contributed by atoms with E-state index in [1.54, 1.807) is 6.92 Å². The molecule has 0 unspecified atom stereocenters. The van der Waals surface area contributed by atoms with Gasteiger partial charge in [-0.15, -0.1) is 5.10 Å². The molecular formula is C7H10N4O4. The highest BCUT2D eigenvalue weighted by Gasteiger charge is 2.07. The smallest absolute Gasteiger partial charge is 0.412 e. The molecule has 0 spiro atoms. The number of aliphatic carboxylic acids is 1. The van der Waals surface area contributed by atoms with E-state index in [9.17, 15) is 9.59 Å². The van der Waals surface area contributed by atoms with Crippen LogP contribution in [0.2, 0.25) is 0 Å². The Balaban J connectivity index is 2.52. The molecule has 82 valence electrons. The van der Waals surface area contributed by atoms with Crippen molar-refractivity contribution in [3.63, 3.8) is 0 Å². The maximum absolute atomic E-state index is 10.9. The summed E-state index contributed by atoms with van der Waals surface area (Å²) in [6.45, 7) is 1.56. The number of carboxylic acid groups (broad SMARTS) is 1. The van der Waals surface area contributed by atoms with E-state index in [0.29, 0.717) is 0 Å². The summed E-state index contributed by atoms with van der Waals surface area (Å²) in [5, 5.41) is 18.0. The van der Waals surface area contributed by atoms with Gasteiger partial charge in [0.2, 0.25) is 0 Å². The van der Waals surface area contributed by atoms with Crippen LogP contribution in [0, 0.1) is 0 Å². The fraction of sp³-hybridized carbons (Fsp3) is 0.429. The van der Waals surface area contributed by atoms with Gasteiger partial charge < -0.3 is 9.84 Å². The van der Waals surface area contributed by atoms with E-state index in [2.05, 4.69) is 20.3 Å². The van der Waals surface area contributed by atoms with Crippen LogP contribution in [0.25, 0.3) is 0 Å². The van der Waals surface area contributed by atoms with Crippen molar-refractivity contribution < 1.29 is 19.4 Å². The Kier molecular flexibility index (Phi) is 3.61. The van der Waals surface area contributed by atoms with E-state index in [-0.39, 0.29) is 19.0 Å². The summed E-state index contributed by atoms with van der Waals surface area (Å²) >= 11 is 0. The summed E-state index contributed by atoms with van der Waals surface area (Å²) in [6, 6.07) is 0. The second kappa shape index (κ2) is 4.94. The van der Waals surface area contributed by atoms with Crippen LogP contribution in [-0.2, 0) is 16.1 Å². The van der Waals surface area contributed by atoms with Gasteiger partial charge in [-0.2, -0.15) is 9.90 Å². The van der Waals surface area contributed by atoms with Gasteiger partial charge in [0.25, 0.3) is 0 Å². The predicted molar refractivity (Wildman–Crippen MR) is 48.3 cm³/mol. The number of ether oxygens (including phenoxy) is 1. The molecule has 0 aliphatic carbocycles. The molecule has 0 saturated carbocycles. The molecule has 0 fully saturated rings. The SMILES string of the molecule is CCOC(=O)Nc1cnn(CC(=O)O)n1. The molecule has 0 saturated heterocycles. The first-order chi connectivity index (χ1) is 7.11. The molecule has 8 heteroatoms. The lowest BCUT2D eigenvalue weighted by atomic mass is 10.7. The Morgan fingerprint density at radius 2 is 2.40 bits per heavy atom. The van der Waals surface area contributed by atoms with E-state index in [1.807, 2.05) is 0 Å². The fourth-order valence-electron chi connectivity index (χ4n) is 0.824.